The molecule has 3 nitrogen and oxygen atoms in total. The number of nitrogens with two attached hydrogens (primary N) is 1. The number of thiazole rings is 1. The van der Waals surface area contributed by atoms with Crippen molar-refractivity contribution in [2.24, 2.45) is 5.84 Å². The molecule has 2 rings (SSSR count). The number of nitrogens with one attached hydrogen (secondary N) is 1. The predicted molar refractivity (Wildman–Crippen MR) is 67.1 cm³/mol. The first-order chi connectivity index (χ1) is 7.81. The van der Waals surface area contributed by atoms with E-state index in [9.17, 15) is 0 Å². The summed E-state index contributed by atoms with van der Waals surface area (Å²) in [6, 6.07) is 8.41. The smallest absolute Gasteiger partial charge is 0.0944 e. The maximum Gasteiger partial charge on any atom is 0.0944 e. The van der Waals surface area contributed by atoms with E-state index in [1.54, 1.807) is 11.3 Å². The molecule has 1 aromatic carbocycles. The quantitative estimate of drug-likeness (QED) is 0.629. The Hall–Kier alpha value is -1.23. The second kappa shape index (κ2) is 5.21. The highest BCUT2D eigenvalue weighted by atomic mass is 32.1. The van der Waals surface area contributed by atoms with Gasteiger partial charge in [0.25, 0.3) is 0 Å². The Balaban J connectivity index is 2.20. The van der Waals surface area contributed by atoms with Crippen molar-refractivity contribution >= 4 is 11.3 Å². The zero-order valence-electron chi connectivity index (χ0n) is 9.18. The van der Waals surface area contributed by atoms with Gasteiger partial charge >= 0.3 is 0 Å². The zero-order chi connectivity index (χ0) is 11.4. The molecule has 0 radical (unpaired) electrons. The molecule has 0 aliphatic heterocycles. The molecule has 0 saturated carbocycles. The molecule has 0 fully saturated rings. The van der Waals surface area contributed by atoms with Gasteiger partial charge < -0.3 is 0 Å². The lowest BCUT2D eigenvalue weighted by atomic mass is 10.00. The molecule has 1 heterocycles. The van der Waals surface area contributed by atoms with Crippen molar-refractivity contribution in [1.82, 2.24) is 10.4 Å². The number of hydrogen-bond donors (Lipinski definition) is 2. The Morgan fingerprint density at radius 3 is 2.88 bits per heavy atom. The van der Waals surface area contributed by atoms with Gasteiger partial charge in [-0.1, -0.05) is 24.3 Å². The van der Waals surface area contributed by atoms with Crippen molar-refractivity contribution in [2.45, 2.75) is 19.4 Å². The molecule has 84 valence electrons. The van der Waals surface area contributed by atoms with Gasteiger partial charge in [-0.15, -0.1) is 11.3 Å². The van der Waals surface area contributed by atoms with Gasteiger partial charge in [0, 0.05) is 18.0 Å². The van der Waals surface area contributed by atoms with Crippen molar-refractivity contribution < 1.29 is 0 Å². The van der Waals surface area contributed by atoms with Crippen LogP contribution in [0, 0.1) is 6.92 Å². The van der Waals surface area contributed by atoms with Crippen LogP contribution < -0.4 is 11.3 Å². The van der Waals surface area contributed by atoms with E-state index in [-0.39, 0.29) is 6.04 Å². The van der Waals surface area contributed by atoms with Crippen LogP contribution in [0.1, 0.15) is 22.2 Å². The average molecular weight is 233 g/mol. The van der Waals surface area contributed by atoms with Gasteiger partial charge in [0.2, 0.25) is 0 Å². The number of hydrogen-bond acceptors (Lipinski definition) is 4. The summed E-state index contributed by atoms with van der Waals surface area (Å²) in [7, 11) is 0. The monoisotopic (exact) mass is 233 g/mol. The minimum atomic E-state index is 0.132. The Morgan fingerprint density at radius 2 is 2.25 bits per heavy atom. The minimum absolute atomic E-state index is 0.132. The third-order valence-electron chi connectivity index (χ3n) is 2.63. The molecule has 0 saturated heterocycles. The van der Waals surface area contributed by atoms with Gasteiger partial charge in [-0.3, -0.25) is 11.3 Å². The van der Waals surface area contributed by atoms with Crippen molar-refractivity contribution in [3.05, 3.63) is 52.0 Å². The fourth-order valence-corrected chi connectivity index (χ4v) is 2.43. The number of aromatic nitrogens is 1. The Kier molecular flexibility index (Phi) is 3.66. The topological polar surface area (TPSA) is 50.9 Å². The summed E-state index contributed by atoms with van der Waals surface area (Å²) in [5.41, 5.74) is 5.35. The first kappa shape index (κ1) is 11.3. The van der Waals surface area contributed by atoms with Crippen LogP contribution in [0.15, 0.2) is 35.8 Å². The molecule has 0 aliphatic rings. The lowest BCUT2D eigenvalue weighted by Gasteiger charge is -2.17. The van der Waals surface area contributed by atoms with Crippen LogP contribution >= 0.6 is 11.3 Å². The highest BCUT2D eigenvalue weighted by Gasteiger charge is 2.13. The van der Waals surface area contributed by atoms with Gasteiger partial charge in [-0.2, -0.15) is 0 Å². The average Bonchev–Trinajstić information content (AvgIpc) is 2.80. The highest BCUT2D eigenvalue weighted by Crippen LogP contribution is 2.21. The largest absolute Gasteiger partial charge is 0.271 e. The molecule has 0 spiro atoms. The number of benzene rings is 1. The first-order valence-electron chi connectivity index (χ1n) is 5.21. The highest BCUT2D eigenvalue weighted by molar-refractivity contribution is 7.09. The second-order valence-electron chi connectivity index (χ2n) is 3.71. The van der Waals surface area contributed by atoms with E-state index in [0.29, 0.717) is 0 Å². The normalized spacial score (nSPS) is 12.6. The predicted octanol–water partition coefficient (Wildman–Crippen LogP) is 2.20. The Bertz CT molecular complexity index is 439. The molecule has 2 aromatic rings. The van der Waals surface area contributed by atoms with E-state index in [0.717, 1.165) is 11.4 Å². The van der Waals surface area contributed by atoms with Crippen LogP contribution in [0.3, 0.4) is 0 Å². The number of rotatable bonds is 4. The summed E-state index contributed by atoms with van der Waals surface area (Å²) in [6.45, 7) is 2.10. The SMILES string of the molecule is Cc1ccccc1C(Cc1nccs1)NN. The van der Waals surface area contributed by atoms with Crippen LogP contribution in [0.2, 0.25) is 0 Å². The van der Waals surface area contributed by atoms with Crippen molar-refractivity contribution in [2.75, 3.05) is 0 Å². The van der Waals surface area contributed by atoms with Gasteiger partial charge in [0.05, 0.1) is 11.0 Å². The van der Waals surface area contributed by atoms with Crippen molar-refractivity contribution in [1.29, 1.82) is 0 Å². The Labute approximate surface area is 99.3 Å². The third-order valence-corrected chi connectivity index (χ3v) is 3.43. The molecular weight excluding hydrogens is 218 g/mol. The summed E-state index contributed by atoms with van der Waals surface area (Å²) >= 11 is 1.66. The fourth-order valence-electron chi connectivity index (χ4n) is 1.76. The van der Waals surface area contributed by atoms with Gasteiger partial charge in [0.1, 0.15) is 0 Å². The van der Waals surface area contributed by atoms with E-state index < -0.39 is 0 Å². The number of hydrazine groups is 1. The van der Waals surface area contributed by atoms with Crippen molar-refractivity contribution in [3.63, 3.8) is 0 Å². The van der Waals surface area contributed by atoms with Crippen LogP contribution in [0.25, 0.3) is 0 Å². The number of aryl methyl sites for hydroxylation is 1. The van der Waals surface area contributed by atoms with E-state index in [2.05, 4.69) is 29.5 Å². The molecule has 1 unspecified atom stereocenters. The summed E-state index contributed by atoms with van der Waals surface area (Å²) in [5.74, 6) is 5.62. The van der Waals surface area contributed by atoms with Crippen LogP contribution in [0.5, 0.6) is 0 Å². The van der Waals surface area contributed by atoms with E-state index in [1.165, 1.54) is 11.1 Å². The van der Waals surface area contributed by atoms with E-state index in [4.69, 9.17) is 5.84 Å². The molecular formula is C12H15N3S. The summed E-state index contributed by atoms with van der Waals surface area (Å²) in [5, 5.41) is 3.09. The van der Waals surface area contributed by atoms with Gasteiger partial charge in [-0.05, 0) is 18.1 Å². The molecule has 1 aromatic heterocycles. The summed E-state index contributed by atoms with van der Waals surface area (Å²) in [4.78, 5) is 4.28. The van der Waals surface area contributed by atoms with Gasteiger partial charge in [0.15, 0.2) is 0 Å². The van der Waals surface area contributed by atoms with Gasteiger partial charge in [-0.25, -0.2) is 4.98 Å². The van der Waals surface area contributed by atoms with Crippen LogP contribution in [-0.4, -0.2) is 4.98 Å². The molecule has 16 heavy (non-hydrogen) atoms. The van der Waals surface area contributed by atoms with Crippen LogP contribution in [0.4, 0.5) is 0 Å². The Morgan fingerprint density at radius 1 is 1.44 bits per heavy atom. The molecule has 3 N–H and O–H groups in total. The third kappa shape index (κ3) is 2.47. The summed E-state index contributed by atoms with van der Waals surface area (Å²) < 4.78 is 0. The molecule has 0 aliphatic carbocycles. The minimum Gasteiger partial charge on any atom is -0.271 e. The van der Waals surface area contributed by atoms with E-state index >= 15 is 0 Å². The maximum atomic E-state index is 5.62. The standard InChI is InChI=1S/C12H15N3S/c1-9-4-2-3-5-10(9)11(15-13)8-12-14-6-7-16-12/h2-7,11,15H,8,13H2,1H3. The van der Waals surface area contributed by atoms with E-state index in [1.807, 2.05) is 23.7 Å². The molecule has 0 bridgehead atoms. The molecule has 4 heteroatoms. The zero-order valence-corrected chi connectivity index (χ0v) is 10.00. The first-order valence-corrected chi connectivity index (χ1v) is 6.09. The van der Waals surface area contributed by atoms with Crippen molar-refractivity contribution in [3.8, 4) is 0 Å². The fraction of sp³-hybridized carbons (Fsp3) is 0.250. The molecule has 0 amide bonds. The molecule has 1 atom stereocenters. The lowest BCUT2D eigenvalue weighted by molar-refractivity contribution is 0.548. The second-order valence-corrected chi connectivity index (χ2v) is 4.68. The lowest BCUT2D eigenvalue weighted by Crippen LogP contribution is -2.30. The maximum absolute atomic E-state index is 5.62. The summed E-state index contributed by atoms with van der Waals surface area (Å²) in [6.07, 6.45) is 2.66. The van der Waals surface area contributed by atoms with Crippen LogP contribution in [-0.2, 0) is 6.42 Å². The number of nitrogens with zero attached hydrogens (tertiary/aromatic N) is 1.